The molecule has 3 rings (SSSR count). The predicted octanol–water partition coefficient (Wildman–Crippen LogP) is 3.89. The third kappa shape index (κ3) is 2.51. The summed E-state index contributed by atoms with van der Waals surface area (Å²) in [7, 11) is 0. The summed E-state index contributed by atoms with van der Waals surface area (Å²) < 4.78 is 1.08. The lowest BCUT2D eigenvalue weighted by Crippen LogP contribution is -2.09. The van der Waals surface area contributed by atoms with Gasteiger partial charge in [-0.1, -0.05) is 28.1 Å². The van der Waals surface area contributed by atoms with Crippen LogP contribution in [-0.4, -0.2) is 16.7 Å². The summed E-state index contributed by atoms with van der Waals surface area (Å²) in [6.07, 6.45) is 3.19. The zero-order valence-electron chi connectivity index (χ0n) is 9.90. The molecule has 1 N–H and O–H groups in total. The summed E-state index contributed by atoms with van der Waals surface area (Å²) >= 11 is 5.13. The second-order valence-corrected chi connectivity index (χ2v) is 6.83. The highest BCUT2D eigenvalue weighted by atomic mass is 79.9. The van der Waals surface area contributed by atoms with Gasteiger partial charge in [0.15, 0.2) is 0 Å². The van der Waals surface area contributed by atoms with Crippen LogP contribution in [0.25, 0.3) is 11.3 Å². The maximum atomic E-state index is 9.34. The number of benzene rings is 1. The third-order valence-electron chi connectivity index (χ3n) is 3.51. The molecule has 1 aromatic heterocycles. The lowest BCUT2D eigenvalue weighted by Gasteiger charge is -2.07. The van der Waals surface area contributed by atoms with Crippen molar-refractivity contribution in [3.05, 3.63) is 39.1 Å². The highest BCUT2D eigenvalue weighted by Crippen LogP contribution is 2.48. The van der Waals surface area contributed by atoms with Gasteiger partial charge in [0.2, 0.25) is 0 Å². The fourth-order valence-electron chi connectivity index (χ4n) is 2.03. The van der Waals surface area contributed by atoms with Gasteiger partial charge in [0, 0.05) is 28.4 Å². The van der Waals surface area contributed by atoms with Crippen LogP contribution in [0.15, 0.2) is 34.1 Å². The Balaban J connectivity index is 1.79. The highest BCUT2D eigenvalue weighted by Gasteiger charge is 2.42. The fourth-order valence-corrected chi connectivity index (χ4v) is 3.28. The Bertz CT molecular complexity index is 545. The number of aliphatic hydroxyl groups is 1. The Morgan fingerprint density at radius 1 is 1.28 bits per heavy atom. The average molecular weight is 324 g/mol. The second kappa shape index (κ2) is 4.76. The molecule has 0 radical (unpaired) electrons. The Hall–Kier alpha value is -0.710. The highest BCUT2D eigenvalue weighted by molar-refractivity contribution is 9.10. The first-order valence-corrected chi connectivity index (χ1v) is 7.69. The van der Waals surface area contributed by atoms with Crippen molar-refractivity contribution < 1.29 is 5.11 Å². The van der Waals surface area contributed by atoms with E-state index < -0.39 is 0 Å². The summed E-state index contributed by atoms with van der Waals surface area (Å²) in [5.41, 5.74) is 2.33. The maximum absolute atomic E-state index is 9.34. The van der Waals surface area contributed by atoms with E-state index in [0.717, 1.165) is 40.0 Å². The summed E-state index contributed by atoms with van der Waals surface area (Å²) in [6.45, 7) is 0.292. The summed E-state index contributed by atoms with van der Waals surface area (Å²) in [5, 5.41) is 12.6. The van der Waals surface area contributed by atoms with Crippen molar-refractivity contribution in [3.63, 3.8) is 0 Å². The molecular weight excluding hydrogens is 310 g/mol. The topological polar surface area (TPSA) is 33.1 Å². The zero-order chi connectivity index (χ0) is 12.6. The smallest absolute Gasteiger partial charge is 0.0939 e. The Morgan fingerprint density at radius 2 is 2.00 bits per heavy atom. The second-order valence-electron chi connectivity index (χ2n) is 4.97. The number of aromatic nitrogens is 1. The van der Waals surface area contributed by atoms with Crippen molar-refractivity contribution in [1.29, 1.82) is 0 Å². The third-order valence-corrected chi connectivity index (χ3v) is 4.89. The molecule has 1 aliphatic rings. The van der Waals surface area contributed by atoms with Crippen molar-refractivity contribution in [3.8, 4) is 11.3 Å². The van der Waals surface area contributed by atoms with Gasteiger partial charge in [0.05, 0.1) is 10.7 Å². The largest absolute Gasteiger partial charge is 0.396 e. The number of halogens is 1. The molecule has 1 saturated carbocycles. The van der Waals surface area contributed by atoms with Crippen LogP contribution in [-0.2, 0) is 6.42 Å². The number of nitrogens with zero attached hydrogens (tertiary/aromatic N) is 1. The molecule has 0 atom stereocenters. The molecule has 94 valence electrons. The molecule has 1 aliphatic carbocycles. The van der Waals surface area contributed by atoms with E-state index >= 15 is 0 Å². The quantitative estimate of drug-likeness (QED) is 0.926. The van der Waals surface area contributed by atoms with Crippen LogP contribution >= 0.6 is 27.3 Å². The lowest BCUT2D eigenvalue weighted by atomic mass is 10.1. The Kier molecular flexibility index (Phi) is 3.26. The number of thiazole rings is 1. The van der Waals surface area contributed by atoms with Gasteiger partial charge in [-0.2, -0.15) is 0 Å². The van der Waals surface area contributed by atoms with E-state index in [1.807, 2.05) is 12.1 Å². The van der Waals surface area contributed by atoms with E-state index in [1.54, 1.807) is 11.3 Å². The first-order valence-electron chi connectivity index (χ1n) is 6.02. The van der Waals surface area contributed by atoms with Crippen LogP contribution in [0, 0.1) is 5.41 Å². The monoisotopic (exact) mass is 323 g/mol. The van der Waals surface area contributed by atoms with Gasteiger partial charge in [-0.15, -0.1) is 11.3 Å². The van der Waals surface area contributed by atoms with Gasteiger partial charge >= 0.3 is 0 Å². The zero-order valence-corrected chi connectivity index (χ0v) is 12.3. The summed E-state index contributed by atoms with van der Waals surface area (Å²) in [5.74, 6) is 0. The minimum atomic E-state index is 0.148. The van der Waals surface area contributed by atoms with E-state index in [4.69, 9.17) is 0 Å². The number of hydrogen-bond acceptors (Lipinski definition) is 3. The van der Waals surface area contributed by atoms with Gasteiger partial charge < -0.3 is 5.11 Å². The van der Waals surface area contributed by atoms with Gasteiger partial charge in [-0.25, -0.2) is 4.98 Å². The van der Waals surface area contributed by atoms with Crippen molar-refractivity contribution in [2.24, 2.45) is 5.41 Å². The summed E-state index contributed by atoms with van der Waals surface area (Å²) in [6, 6.07) is 8.21. The first kappa shape index (κ1) is 12.3. The van der Waals surface area contributed by atoms with Crippen molar-refractivity contribution >= 4 is 27.3 Å². The van der Waals surface area contributed by atoms with Crippen molar-refractivity contribution in [2.45, 2.75) is 19.3 Å². The van der Waals surface area contributed by atoms with Crippen molar-refractivity contribution in [2.75, 3.05) is 6.61 Å². The predicted molar refractivity (Wildman–Crippen MR) is 77.7 cm³/mol. The fraction of sp³-hybridized carbons (Fsp3) is 0.357. The van der Waals surface area contributed by atoms with Crippen LogP contribution in [0.4, 0.5) is 0 Å². The van der Waals surface area contributed by atoms with Gasteiger partial charge in [0.25, 0.3) is 0 Å². The molecule has 2 aromatic rings. The van der Waals surface area contributed by atoms with E-state index in [1.165, 1.54) is 0 Å². The van der Waals surface area contributed by atoms with E-state index in [2.05, 4.69) is 38.4 Å². The molecule has 0 bridgehead atoms. The summed E-state index contributed by atoms with van der Waals surface area (Å²) in [4.78, 5) is 4.68. The van der Waals surface area contributed by atoms with Crippen LogP contribution in [0.1, 0.15) is 17.8 Å². The standard InChI is InChI=1S/C14H14BrNOS/c15-11-3-1-10(2-4-11)12-8-18-13(16-12)7-14(9-17)5-6-14/h1-4,8,17H,5-7,9H2. The van der Waals surface area contributed by atoms with Crippen LogP contribution < -0.4 is 0 Å². The van der Waals surface area contributed by atoms with Gasteiger partial charge in [-0.05, 0) is 30.4 Å². The molecule has 1 heterocycles. The molecule has 1 aromatic carbocycles. The van der Waals surface area contributed by atoms with Crippen LogP contribution in [0.2, 0.25) is 0 Å². The molecule has 2 nitrogen and oxygen atoms in total. The van der Waals surface area contributed by atoms with Gasteiger partial charge in [0.1, 0.15) is 0 Å². The van der Waals surface area contributed by atoms with Crippen LogP contribution in [0.5, 0.6) is 0 Å². The minimum Gasteiger partial charge on any atom is -0.396 e. The molecular formula is C14H14BrNOS. The van der Waals surface area contributed by atoms with Crippen LogP contribution in [0.3, 0.4) is 0 Å². The van der Waals surface area contributed by atoms with E-state index in [0.29, 0.717) is 6.61 Å². The molecule has 0 amide bonds. The lowest BCUT2D eigenvalue weighted by molar-refractivity contribution is 0.211. The normalized spacial score (nSPS) is 16.8. The Morgan fingerprint density at radius 3 is 2.61 bits per heavy atom. The number of hydrogen-bond donors (Lipinski definition) is 1. The molecule has 0 saturated heterocycles. The number of rotatable bonds is 4. The average Bonchev–Trinajstić information content (AvgIpc) is 3.00. The SMILES string of the molecule is OCC1(Cc2nc(-c3ccc(Br)cc3)cs2)CC1. The molecule has 0 spiro atoms. The molecule has 0 unspecified atom stereocenters. The molecule has 1 fully saturated rings. The van der Waals surface area contributed by atoms with Crippen molar-refractivity contribution in [1.82, 2.24) is 4.98 Å². The molecule has 4 heteroatoms. The molecule has 18 heavy (non-hydrogen) atoms. The Labute approximate surface area is 119 Å². The molecule has 0 aliphatic heterocycles. The van der Waals surface area contributed by atoms with Gasteiger partial charge in [-0.3, -0.25) is 0 Å². The minimum absolute atomic E-state index is 0.148. The first-order chi connectivity index (χ1) is 8.71. The van der Waals surface area contributed by atoms with E-state index in [-0.39, 0.29) is 5.41 Å². The maximum Gasteiger partial charge on any atom is 0.0939 e. The number of aliphatic hydroxyl groups excluding tert-OH is 1. The van der Waals surface area contributed by atoms with E-state index in [9.17, 15) is 5.11 Å².